The number of nitrogens with one attached hydrogen (secondary N) is 1. The van der Waals surface area contributed by atoms with Crippen molar-refractivity contribution < 1.29 is 14.7 Å². The van der Waals surface area contributed by atoms with Gasteiger partial charge in [0.15, 0.2) is 0 Å². The Kier molecular flexibility index (Phi) is 7.48. The lowest BCUT2D eigenvalue weighted by Crippen LogP contribution is -2.40. The Hall–Kier alpha value is -2.67. The molecule has 2 aromatic heterocycles. The van der Waals surface area contributed by atoms with E-state index in [1.807, 2.05) is 19.1 Å². The van der Waals surface area contributed by atoms with Crippen LogP contribution in [0.15, 0.2) is 35.7 Å². The molecule has 0 aliphatic heterocycles. The van der Waals surface area contributed by atoms with Gasteiger partial charge in [0.2, 0.25) is 0 Å². The van der Waals surface area contributed by atoms with E-state index in [0.29, 0.717) is 23.9 Å². The Morgan fingerprint density at radius 1 is 1.27 bits per heavy atom. The van der Waals surface area contributed by atoms with Crippen molar-refractivity contribution in [2.45, 2.75) is 77.3 Å². The average Bonchev–Trinajstić information content (AvgIpc) is 3.44. The Bertz CT molecular complexity index is 1110. The molecule has 3 aromatic rings. The van der Waals surface area contributed by atoms with Gasteiger partial charge in [0.25, 0.3) is 5.91 Å². The van der Waals surface area contributed by atoms with Gasteiger partial charge in [0.1, 0.15) is 11.9 Å². The van der Waals surface area contributed by atoms with Crippen molar-refractivity contribution in [3.05, 3.63) is 52.0 Å². The van der Waals surface area contributed by atoms with Gasteiger partial charge < -0.3 is 15.0 Å². The predicted molar refractivity (Wildman–Crippen MR) is 132 cm³/mol. The van der Waals surface area contributed by atoms with Gasteiger partial charge in [-0.15, -0.1) is 11.3 Å². The molecule has 1 fully saturated rings. The topological polar surface area (TPSA) is 84.2 Å². The molecular weight excluding hydrogens is 434 g/mol. The highest BCUT2D eigenvalue weighted by Crippen LogP contribution is 2.37. The molecule has 1 aliphatic rings. The molecule has 2 unspecified atom stereocenters. The molecule has 1 amide bonds. The lowest BCUT2D eigenvalue weighted by Gasteiger charge is -2.31. The molecule has 176 valence electrons. The standard InChI is InChI=1S/C26H33N3O3S/c1-3-4-10-20(26(31)32)28-25(30)18-12-13-23-21(15-18)27-24(16-19-9-7-14-33-19)29(23)22-11-6-5-8-17(22)2/h7,9,12-15,17,20,22H,3-6,8,10-11,16H2,1-2H3,(H,28,30)(H,31,32)/t17?,20?,22-/m0/s1. The number of imidazole rings is 1. The van der Waals surface area contributed by atoms with E-state index in [9.17, 15) is 14.7 Å². The summed E-state index contributed by atoms with van der Waals surface area (Å²) in [5.74, 6) is 0.263. The van der Waals surface area contributed by atoms with Crippen molar-refractivity contribution in [1.29, 1.82) is 0 Å². The molecule has 6 nitrogen and oxygen atoms in total. The number of nitrogens with zero attached hydrogens (tertiary/aromatic N) is 2. The van der Waals surface area contributed by atoms with E-state index in [-0.39, 0.29) is 5.91 Å². The third-order valence-corrected chi connectivity index (χ3v) is 7.66. The summed E-state index contributed by atoms with van der Waals surface area (Å²) in [4.78, 5) is 30.7. The third kappa shape index (κ3) is 5.29. The Labute approximate surface area is 199 Å². The number of hydrogen-bond donors (Lipinski definition) is 2. The number of benzene rings is 1. The summed E-state index contributed by atoms with van der Waals surface area (Å²) in [7, 11) is 0. The first-order chi connectivity index (χ1) is 16.0. The number of aliphatic carboxylic acids is 1. The molecule has 33 heavy (non-hydrogen) atoms. The lowest BCUT2D eigenvalue weighted by atomic mass is 9.85. The maximum Gasteiger partial charge on any atom is 0.326 e. The average molecular weight is 468 g/mol. The molecule has 0 bridgehead atoms. The molecule has 2 N–H and O–H groups in total. The van der Waals surface area contributed by atoms with Crippen molar-refractivity contribution in [3.8, 4) is 0 Å². The minimum Gasteiger partial charge on any atom is -0.480 e. The minimum atomic E-state index is -0.994. The fourth-order valence-corrected chi connectivity index (χ4v) is 5.64. The van der Waals surface area contributed by atoms with Crippen LogP contribution in [0.25, 0.3) is 11.0 Å². The molecule has 7 heteroatoms. The van der Waals surface area contributed by atoms with E-state index in [1.54, 1.807) is 17.4 Å². The smallest absolute Gasteiger partial charge is 0.326 e. The highest BCUT2D eigenvalue weighted by molar-refractivity contribution is 7.09. The van der Waals surface area contributed by atoms with Crippen molar-refractivity contribution in [2.24, 2.45) is 5.92 Å². The second-order valence-electron chi connectivity index (χ2n) is 9.19. The quantitative estimate of drug-likeness (QED) is 0.416. The summed E-state index contributed by atoms with van der Waals surface area (Å²) in [5.41, 5.74) is 2.30. The van der Waals surface area contributed by atoms with Gasteiger partial charge in [-0.25, -0.2) is 9.78 Å². The molecule has 0 saturated heterocycles. The van der Waals surface area contributed by atoms with Crippen LogP contribution >= 0.6 is 11.3 Å². The third-order valence-electron chi connectivity index (χ3n) is 6.78. The number of aromatic nitrogens is 2. The molecular formula is C26H33N3O3S. The summed E-state index contributed by atoms with van der Waals surface area (Å²) >= 11 is 1.73. The first-order valence-electron chi connectivity index (χ1n) is 12.0. The summed E-state index contributed by atoms with van der Waals surface area (Å²) in [6.07, 6.45) is 7.71. The molecule has 3 atom stereocenters. The van der Waals surface area contributed by atoms with Crippen LogP contribution in [-0.4, -0.2) is 32.6 Å². The maximum absolute atomic E-state index is 12.9. The number of carbonyl (C=O) groups is 2. The Balaban J connectivity index is 1.67. The molecule has 1 aromatic carbocycles. The number of thiophene rings is 1. The van der Waals surface area contributed by atoms with E-state index in [2.05, 4.69) is 34.3 Å². The number of fused-ring (bicyclic) bond motifs is 1. The number of rotatable bonds is 9. The van der Waals surface area contributed by atoms with Gasteiger partial charge in [-0.2, -0.15) is 0 Å². The normalized spacial score (nSPS) is 19.5. The fourth-order valence-electron chi connectivity index (χ4n) is 4.94. The van der Waals surface area contributed by atoms with Crippen LogP contribution in [0.4, 0.5) is 0 Å². The Morgan fingerprint density at radius 2 is 2.09 bits per heavy atom. The summed E-state index contributed by atoms with van der Waals surface area (Å²) < 4.78 is 2.40. The van der Waals surface area contributed by atoms with E-state index in [0.717, 1.165) is 42.5 Å². The zero-order valence-electron chi connectivity index (χ0n) is 19.4. The molecule has 2 heterocycles. The van der Waals surface area contributed by atoms with Crippen molar-refractivity contribution in [2.75, 3.05) is 0 Å². The number of carbonyl (C=O) groups excluding carboxylic acids is 1. The number of hydrogen-bond acceptors (Lipinski definition) is 4. The molecule has 0 spiro atoms. The van der Waals surface area contributed by atoms with E-state index < -0.39 is 12.0 Å². The van der Waals surface area contributed by atoms with Crippen LogP contribution in [0.3, 0.4) is 0 Å². The van der Waals surface area contributed by atoms with Gasteiger partial charge >= 0.3 is 5.97 Å². The predicted octanol–water partition coefficient (Wildman–Crippen LogP) is 5.81. The number of carboxylic acids is 1. The van der Waals surface area contributed by atoms with Crippen molar-refractivity contribution >= 4 is 34.2 Å². The van der Waals surface area contributed by atoms with Gasteiger partial charge in [0, 0.05) is 22.9 Å². The van der Waals surface area contributed by atoms with Gasteiger partial charge in [-0.05, 0) is 54.8 Å². The first kappa shape index (κ1) is 23.5. The second-order valence-corrected chi connectivity index (χ2v) is 10.2. The molecule has 1 aliphatic carbocycles. The largest absolute Gasteiger partial charge is 0.480 e. The van der Waals surface area contributed by atoms with Crippen LogP contribution in [-0.2, 0) is 11.2 Å². The second kappa shape index (κ2) is 10.5. The van der Waals surface area contributed by atoms with Crippen LogP contribution in [0.1, 0.15) is 85.9 Å². The Morgan fingerprint density at radius 3 is 2.79 bits per heavy atom. The number of carboxylic acid groups (broad SMARTS) is 1. The van der Waals surface area contributed by atoms with Crippen LogP contribution in [0, 0.1) is 5.92 Å². The summed E-state index contributed by atoms with van der Waals surface area (Å²) in [6, 6.07) is 9.34. The molecule has 1 saturated carbocycles. The molecule has 4 rings (SSSR count). The van der Waals surface area contributed by atoms with Crippen molar-refractivity contribution in [1.82, 2.24) is 14.9 Å². The number of unbranched alkanes of at least 4 members (excludes halogenated alkanes) is 1. The zero-order valence-corrected chi connectivity index (χ0v) is 20.2. The lowest BCUT2D eigenvalue weighted by molar-refractivity contribution is -0.139. The van der Waals surface area contributed by atoms with E-state index in [4.69, 9.17) is 4.98 Å². The summed E-state index contributed by atoms with van der Waals surface area (Å²) in [6.45, 7) is 4.33. The highest BCUT2D eigenvalue weighted by Gasteiger charge is 2.27. The maximum atomic E-state index is 12.9. The monoisotopic (exact) mass is 467 g/mol. The first-order valence-corrected chi connectivity index (χ1v) is 12.9. The van der Waals surface area contributed by atoms with Crippen molar-refractivity contribution in [3.63, 3.8) is 0 Å². The van der Waals surface area contributed by atoms with Crippen LogP contribution in [0.5, 0.6) is 0 Å². The van der Waals surface area contributed by atoms with E-state index in [1.165, 1.54) is 24.1 Å². The van der Waals surface area contributed by atoms with Gasteiger partial charge in [-0.1, -0.05) is 45.6 Å². The summed E-state index contributed by atoms with van der Waals surface area (Å²) in [5, 5.41) is 14.2. The minimum absolute atomic E-state index is 0.360. The zero-order chi connectivity index (χ0) is 23.4. The van der Waals surface area contributed by atoms with Crippen LogP contribution < -0.4 is 5.32 Å². The SMILES string of the molecule is CCCCC(NC(=O)c1ccc2c(c1)nc(Cc1cccs1)n2[C@H]1CCCCC1C)C(=O)O. The van der Waals surface area contributed by atoms with Gasteiger partial charge in [-0.3, -0.25) is 4.79 Å². The van der Waals surface area contributed by atoms with E-state index >= 15 is 0 Å². The number of amides is 1. The molecule has 0 radical (unpaired) electrons. The van der Waals surface area contributed by atoms with Gasteiger partial charge in [0.05, 0.1) is 11.0 Å². The van der Waals surface area contributed by atoms with Crippen LogP contribution in [0.2, 0.25) is 0 Å². The highest BCUT2D eigenvalue weighted by atomic mass is 32.1. The fraction of sp³-hybridized carbons (Fsp3) is 0.500.